The summed E-state index contributed by atoms with van der Waals surface area (Å²) >= 11 is 6.24. The predicted molar refractivity (Wildman–Crippen MR) is 126 cm³/mol. The number of amides is 2. The zero-order valence-electron chi connectivity index (χ0n) is 18.7. The molecule has 1 saturated heterocycles. The molecule has 6 heteroatoms. The van der Waals surface area contributed by atoms with Gasteiger partial charge in [-0.25, -0.2) is 0 Å². The molecule has 5 nitrogen and oxygen atoms in total. The Hall–Kier alpha value is -2.53. The first-order valence-corrected chi connectivity index (χ1v) is 11.9. The van der Waals surface area contributed by atoms with Crippen LogP contribution in [0.3, 0.4) is 0 Å². The number of carbonyl (C=O) groups is 2. The van der Waals surface area contributed by atoms with Crippen LogP contribution in [0.1, 0.15) is 48.0 Å². The second kappa shape index (κ2) is 9.95. The predicted octanol–water partition coefficient (Wildman–Crippen LogP) is 4.83. The van der Waals surface area contributed by atoms with Crippen LogP contribution in [0.25, 0.3) is 0 Å². The number of hydrogen-bond donors (Lipinski definition) is 0. The molecule has 0 unspecified atom stereocenters. The van der Waals surface area contributed by atoms with Gasteiger partial charge in [-0.1, -0.05) is 48.4 Å². The number of likely N-dealkylation sites (N-methyl/N-ethyl adjacent to an activating group) is 1. The molecule has 0 atom stereocenters. The van der Waals surface area contributed by atoms with Gasteiger partial charge < -0.3 is 14.5 Å². The van der Waals surface area contributed by atoms with Crippen LogP contribution in [-0.4, -0.2) is 54.9 Å². The van der Waals surface area contributed by atoms with Gasteiger partial charge >= 0.3 is 0 Å². The van der Waals surface area contributed by atoms with Crippen molar-refractivity contribution in [3.63, 3.8) is 0 Å². The molecule has 4 rings (SSSR count). The highest BCUT2D eigenvalue weighted by Crippen LogP contribution is 2.39. The molecule has 0 radical (unpaired) electrons. The van der Waals surface area contributed by atoms with Crippen LogP contribution >= 0.6 is 11.6 Å². The van der Waals surface area contributed by atoms with Crippen molar-refractivity contribution in [3.05, 3.63) is 64.7 Å². The maximum Gasteiger partial charge on any atom is 0.255 e. The zero-order valence-corrected chi connectivity index (χ0v) is 19.4. The van der Waals surface area contributed by atoms with Crippen LogP contribution < -0.4 is 4.74 Å². The summed E-state index contributed by atoms with van der Waals surface area (Å²) in [5, 5.41) is 0.472. The number of aryl methyl sites for hydroxylation is 1. The highest BCUT2D eigenvalue weighted by molar-refractivity contribution is 6.33. The van der Waals surface area contributed by atoms with Crippen molar-refractivity contribution < 1.29 is 14.3 Å². The minimum Gasteiger partial charge on any atom is -0.491 e. The van der Waals surface area contributed by atoms with Gasteiger partial charge in [-0.2, -0.15) is 0 Å². The second-order valence-corrected chi connectivity index (χ2v) is 9.35. The van der Waals surface area contributed by atoms with Crippen molar-refractivity contribution in [2.75, 3.05) is 33.3 Å². The summed E-state index contributed by atoms with van der Waals surface area (Å²) in [6.45, 7) is 2.18. The van der Waals surface area contributed by atoms with Gasteiger partial charge in [0, 0.05) is 20.1 Å². The van der Waals surface area contributed by atoms with Crippen LogP contribution in [0.2, 0.25) is 5.02 Å². The Morgan fingerprint density at radius 3 is 2.47 bits per heavy atom. The van der Waals surface area contributed by atoms with Gasteiger partial charge in [-0.05, 0) is 55.9 Å². The molecule has 1 fully saturated rings. The standard InChI is InChI=1S/C26H31ClN2O3/c1-28-18-19-32-23-12-5-2-8-20(23)9-6-7-13-26(25(28)31)14-16-29(17-15-26)24(30)21-10-3-4-11-22(21)27/h2-5,8,10-12H,6-7,9,13-19H2,1H3. The quantitative estimate of drug-likeness (QED) is 0.620. The van der Waals surface area contributed by atoms with Gasteiger partial charge in [0.15, 0.2) is 0 Å². The second-order valence-electron chi connectivity index (χ2n) is 8.94. The summed E-state index contributed by atoms with van der Waals surface area (Å²) in [5.41, 5.74) is 1.35. The molecule has 2 aromatic carbocycles. The first-order chi connectivity index (χ1) is 15.5. The van der Waals surface area contributed by atoms with E-state index in [9.17, 15) is 9.59 Å². The number of piperidine rings is 1. The van der Waals surface area contributed by atoms with Gasteiger partial charge in [0.1, 0.15) is 12.4 Å². The lowest BCUT2D eigenvalue weighted by molar-refractivity contribution is -0.144. The van der Waals surface area contributed by atoms with Crippen LogP contribution in [0.4, 0.5) is 0 Å². The third-order valence-corrected chi connectivity index (χ3v) is 7.25. The number of carbonyl (C=O) groups excluding carboxylic acids is 2. The van der Waals surface area contributed by atoms with Gasteiger partial charge in [0.05, 0.1) is 22.5 Å². The maximum absolute atomic E-state index is 13.5. The fraction of sp³-hybridized carbons (Fsp3) is 0.462. The number of halogens is 1. The molecule has 2 amide bonds. The third-order valence-electron chi connectivity index (χ3n) is 6.92. The Bertz CT molecular complexity index is 969. The Morgan fingerprint density at radius 1 is 0.969 bits per heavy atom. The fourth-order valence-corrected chi connectivity index (χ4v) is 5.16. The SMILES string of the molecule is CN1CCOc2ccccc2CCCCC2(CCN(C(=O)c3ccccc3Cl)CC2)C1=O. The normalized spacial score (nSPS) is 19.5. The molecule has 0 N–H and O–H groups in total. The number of nitrogens with zero attached hydrogens (tertiary/aromatic N) is 2. The molecule has 0 aromatic heterocycles. The number of rotatable bonds is 1. The molecule has 0 aliphatic carbocycles. The van der Waals surface area contributed by atoms with Crippen molar-refractivity contribution >= 4 is 23.4 Å². The van der Waals surface area contributed by atoms with E-state index in [1.54, 1.807) is 12.1 Å². The van der Waals surface area contributed by atoms with E-state index in [0.29, 0.717) is 49.7 Å². The van der Waals surface area contributed by atoms with Gasteiger partial charge in [0.25, 0.3) is 5.91 Å². The molecule has 32 heavy (non-hydrogen) atoms. The van der Waals surface area contributed by atoms with E-state index in [1.807, 2.05) is 41.1 Å². The number of likely N-dealkylation sites (tertiary alicyclic amines) is 1. The van der Waals surface area contributed by atoms with Gasteiger partial charge in [0.2, 0.25) is 5.91 Å². The van der Waals surface area contributed by atoms with Crippen molar-refractivity contribution in [1.82, 2.24) is 9.80 Å². The van der Waals surface area contributed by atoms with E-state index in [0.717, 1.165) is 31.4 Å². The van der Waals surface area contributed by atoms with Gasteiger partial charge in [-0.15, -0.1) is 0 Å². The molecular formula is C26H31ClN2O3. The molecule has 2 aliphatic rings. The van der Waals surface area contributed by atoms with Crippen LogP contribution in [0.5, 0.6) is 5.75 Å². The van der Waals surface area contributed by atoms with Crippen molar-refractivity contribution in [1.29, 1.82) is 0 Å². The van der Waals surface area contributed by atoms with Gasteiger partial charge in [-0.3, -0.25) is 9.59 Å². The smallest absolute Gasteiger partial charge is 0.255 e. The van der Waals surface area contributed by atoms with Crippen LogP contribution in [-0.2, 0) is 11.2 Å². The van der Waals surface area contributed by atoms with E-state index in [-0.39, 0.29) is 11.8 Å². The largest absolute Gasteiger partial charge is 0.491 e. The topological polar surface area (TPSA) is 49.9 Å². The summed E-state index contributed by atoms with van der Waals surface area (Å²) < 4.78 is 6.00. The Morgan fingerprint density at radius 2 is 1.69 bits per heavy atom. The monoisotopic (exact) mass is 454 g/mol. The Labute approximate surface area is 195 Å². The number of ether oxygens (including phenoxy) is 1. The highest BCUT2D eigenvalue weighted by Gasteiger charge is 2.43. The van der Waals surface area contributed by atoms with E-state index in [4.69, 9.17) is 16.3 Å². The highest BCUT2D eigenvalue weighted by atomic mass is 35.5. The molecule has 2 heterocycles. The Kier molecular flexibility index (Phi) is 7.04. The van der Waals surface area contributed by atoms with Crippen LogP contribution in [0.15, 0.2) is 48.5 Å². The zero-order chi connectivity index (χ0) is 22.6. The van der Waals surface area contributed by atoms with E-state index in [2.05, 4.69) is 12.1 Å². The van der Waals surface area contributed by atoms with E-state index < -0.39 is 5.41 Å². The van der Waals surface area contributed by atoms with Crippen molar-refractivity contribution in [2.45, 2.75) is 38.5 Å². The summed E-state index contributed by atoms with van der Waals surface area (Å²) in [6.07, 6.45) is 5.17. The lowest BCUT2D eigenvalue weighted by Gasteiger charge is -2.43. The lowest BCUT2D eigenvalue weighted by atomic mass is 9.73. The summed E-state index contributed by atoms with van der Waals surface area (Å²) in [6, 6.07) is 15.3. The van der Waals surface area contributed by atoms with Crippen LogP contribution in [0, 0.1) is 5.41 Å². The number of para-hydroxylation sites is 1. The summed E-state index contributed by atoms with van der Waals surface area (Å²) in [4.78, 5) is 30.2. The molecule has 2 aliphatic heterocycles. The average Bonchev–Trinajstić information content (AvgIpc) is 2.82. The maximum atomic E-state index is 13.5. The molecule has 0 bridgehead atoms. The number of fused-ring (bicyclic) bond motifs is 1. The van der Waals surface area contributed by atoms with E-state index >= 15 is 0 Å². The van der Waals surface area contributed by atoms with E-state index in [1.165, 1.54) is 5.56 Å². The lowest BCUT2D eigenvalue weighted by Crippen LogP contribution is -2.51. The van der Waals surface area contributed by atoms with Crippen molar-refractivity contribution in [3.8, 4) is 5.75 Å². The molecule has 1 spiro atoms. The first-order valence-electron chi connectivity index (χ1n) is 11.5. The minimum absolute atomic E-state index is 0.0515. The molecule has 0 saturated carbocycles. The molecule has 170 valence electrons. The molecule has 2 aromatic rings. The first kappa shape index (κ1) is 22.7. The Balaban J connectivity index is 1.47. The fourth-order valence-electron chi connectivity index (χ4n) is 4.94. The van der Waals surface area contributed by atoms with Crippen molar-refractivity contribution in [2.24, 2.45) is 5.41 Å². The summed E-state index contributed by atoms with van der Waals surface area (Å²) in [7, 11) is 1.87. The summed E-state index contributed by atoms with van der Waals surface area (Å²) in [5.74, 6) is 1.05. The molecular weight excluding hydrogens is 424 g/mol. The minimum atomic E-state index is -0.412. The average molecular weight is 455 g/mol. The number of hydrogen-bond acceptors (Lipinski definition) is 3. The third kappa shape index (κ3) is 4.78. The number of benzene rings is 2.